The van der Waals surface area contributed by atoms with Gasteiger partial charge in [0.1, 0.15) is 0 Å². The number of carbonyl (C=O) groups is 1. The van der Waals surface area contributed by atoms with Crippen molar-refractivity contribution < 1.29 is 13.2 Å². The van der Waals surface area contributed by atoms with Crippen LogP contribution in [0.4, 0.5) is 10.6 Å². The normalized spacial score (nSPS) is 11.5. The van der Waals surface area contributed by atoms with Crippen LogP contribution in [0.5, 0.6) is 0 Å². The first-order valence-corrected chi connectivity index (χ1v) is 8.39. The van der Waals surface area contributed by atoms with E-state index in [1.54, 1.807) is 23.0 Å². The van der Waals surface area contributed by atoms with Crippen LogP contribution in [0.15, 0.2) is 35.4 Å². The lowest BCUT2D eigenvalue weighted by Crippen LogP contribution is -2.28. The Kier molecular flexibility index (Phi) is 4.96. The van der Waals surface area contributed by atoms with Crippen LogP contribution in [0, 0.1) is 0 Å². The molecule has 1 aromatic heterocycles. The van der Waals surface area contributed by atoms with E-state index in [9.17, 15) is 13.2 Å². The minimum atomic E-state index is -3.71. The maximum absolute atomic E-state index is 11.8. The molecule has 0 bridgehead atoms. The van der Waals surface area contributed by atoms with Gasteiger partial charge in [-0.2, -0.15) is 0 Å². The van der Waals surface area contributed by atoms with Crippen molar-refractivity contribution >= 4 is 21.9 Å². The standard InChI is InChI=1S/C13H18N6O3S/c1-9(2)19-8-12(17-18-19)16-13(20)15-7-10-3-5-11(6-4-10)23(14,21)22/h3-6,8-9H,7H2,1-2H3,(H2,14,21,22)(H2,15,16,20). The third-order valence-corrected chi connectivity index (χ3v) is 3.92. The molecule has 1 heterocycles. The smallest absolute Gasteiger partial charge is 0.320 e. The van der Waals surface area contributed by atoms with Crippen LogP contribution in [0.25, 0.3) is 0 Å². The van der Waals surface area contributed by atoms with E-state index in [2.05, 4.69) is 20.9 Å². The topological polar surface area (TPSA) is 132 Å². The van der Waals surface area contributed by atoms with Gasteiger partial charge >= 0.3 is 6.03 Å². The zero-order valence-corrected chi connectivity index (χ0v) is 13.5. The molecule has 0 unspecified atom stereocenters. The molecule has 0 aliphatic heterocycles. The van der Waals surface area contributed by atoms with Gasteiger partial charge in [-0.3, -0.25) is 5.32 Å². The Hall–Kier alpha value is -2.46. The average Bonchev–Trinajstić information content (AvgIpc) is 2.93. The van der Waals surface area contributed by atoms with Crippen LogP contribution >= 0.6 is 0 Å². The predicted octanol–water partition coefficient (Wildman–Crippen LogP) is 0.828. The van der Waals surface area contributed by atoms with Gasteiger partial charge in [0, 0.05) is 12.6 Å². The number of hydrogen-bond acceptors (Lipinski definition) is 5. The number of nitrogens with two attached hydrogens (primary N) is 1. The van der Waals surface area contributed by atoms with Crippen LogP contribution in [0.3, 0.4) is 0 Å². The average molecular weight is 338 g/mol. The summed E-state index contributed by atoms with van der Waals surface area (Å²) in [6.45, 7) is 4.13. The van der Waals surface area contributed by atoms with Crippen molar-refractivity contribution in [2.45, 2.75) is 31.3 Å². The van der Waals surface area contributed by atoms with Crippen molar-refractivity contribution in [3.63, 3.8) is 0 Å². The number of hydrogen-bond donors (Lipinski definition) is 3. The minimum Gasteiger partial charge on any atom is -0.334 e. The van der Waals surface area contributed by atoms with Gasteiger partial charge in [-0.15, -0.1) is 5.10 Å². The summed E-state index contributed by atoms with van der Waals surface area (Å²) in [4.78, 5) is 11.8. The molecule has 124 valence electrons. The number of sulfonamides is 1. The molecule has 9 nitrogen and oxygen atoms in total. The van der Waals surface area contributed by atoms with E-state index in [-0.39, 0.29) is 17.5 Å². The molecule has 10 heteroatoms. The zero-order valence-electron chi connectivity index (χ0n) is 12.7. The Morgan fingerprint density at radius 1 is 1.30 bits per heavy atom. The van der Waals surface area contributed by atoms with Gasteiger partial charge in [-0.25, -0.2) is 23.0 Å². The summed E-state index contributed by atoms with van der Waals surface area (Å²) >= 11 is 0. The van der Waals surface area contributed by atoms with Crippen LogP contribution in [0.1, 0.15) is 25.5 Å². The van der Waals surface area contributed by atoms with Crippen molar-refractivity contribution in [3.05, 3.63) is 36.0 Å². The summed E-state index contributed by atoms with van der Waals surface area (Å²) < 4.78 is 23.9. The van der Waals surface area contributed by atoms with E-state index in [4.69, 9.17) is 5.14 Å². The quantitative estimate of drug-likeness (QED) is 0.743. The SMILES string of the molecule is CC(C)n1cc(NC(=O)NCc2ccc(S(N)(=O)=O)cc2)nn1. The number of urea groups is 1. The monoisotopic (exact) mass is 338 g/mol. The molecular weight excluding hydrogens is 320 g/mol. The number of nitrogens with one attached hydrogen (secondary N) is 2. The minimum absolute atomic E-state index is 0.0241. The molecule has 0 atom stereocenters. The molecule has 2 rings (SSSR count). The fraction of sp³-hybridized carbons (Fsp3) is 0.308. The Bertz CT molecular complexity index is 782. The van der Waals surface area contributed by atoms with Crippen LogP contribution < -0.4 is 15.8 Å². The fourth-order valence-corrected chi connectivity index (χ4v) is 2.24. The molecule has 1 aromatic carbocycles. The molecule has 4 N–H and O–H groups in total. The van der Waals surface area contributed by atoms with E-state index >= 15 is 0 Å². The predicted molar refractivity (Wildman–Crippen MR) is 84.1 cm³/mol. The van der Waals surface area contributed by atoms with E-state index in [0.717, 1.165) is 5.56 Å². The summed E-state index contributed by atoms with van der Waals surface area (Å²) in [5.41, 5.74) is 0.735. The highest BCUT2D eigenvalue weighted by Gasteiger charge is 2.09. The van der Waals surface area contributed by atoms with Gasteiger partial charge in [-0.05, 0) is 31.5 Å². The number of amides is 2. The Balaban J connectivity index is 1.88. The molecule has 0 aliphatic rings. The lowest BCUT2D eigenvalue weighted by Gasteiger charge is -2.06. The zero-order chi connectivity index (χ0) is 17.0. The molecule has 0 fully saturated rings. The molecule has 23 heavy (non-hydrogen) atoms. The van der Waals surface area contributed by atoms with Crippen LogP contribution in [0.2, 0.25) is 0 Å². The summed E-state index contributed by atoms with van der Waals surface area (Å²) in [5, 5.41) is 17.9. The van der Waals surface area contributed by atoms with Crippen molar-refractivity contribution in [2.75, 3.05) is 5.32 Å². The van der Waals surface area contributed by atoms with E-state index < -0.39 is 16.1 Å². The van der Waals surface area contributed by atoms with Gasteiger partial charge in [0.15, 0.2) is 5.82 Å². The highest BCUT2D eigenvalue weighted by atomic mass is 32.2. The summed E-state index contributed by atoms with van der Waals surface area (Å²) in [7, 11) is -3.71. The van der Waals surface area contributed by atoms with Crippen LogP contribution in [-0.4, -0.2) is 29.4 Å². The fourth-order valence-electron chi connectivity index (χ4n) is 1.73. The molecule has 0 radical (unpaired) electrons. The third-order valence-electron chi connectivity index (χ3n) is 2.99. The summed E-state index contributed by atoms with van der Waals surface area (Å²) in [6.07, 6.45) is 1.63. The van der Waals surface area contributed by atoms with E-state index in [1.165, 1.54) is 12.1 Å². The van der Waals surface area contributed by atoms with E-state index in [1.807, 2.05) is 13.8 Å². The molecule has 0 saturated heterocycles. The highest BCUT2D eigenvalue weighted by Crippen LogP contribution is 2.09. The number of benzene rings is 1. The first-order valence-electron chi connectivity index (χ1n) is 6.84. The maximum Gasteiger partial charge on any atom is 0.320 e. The number of aromatic nitrogens is 3. The Labute approximate surface area is 133 Å². The summed E-state index contributed by atoms with van der Waals surface area (Å²) in [5.74, 6) is 0.348. The lowest BCUT2D eigenvalue weighted by molar-refractivity contribution is 0.251. The first-order chi connectivity index (χ1) is 10.8. The first kappa shape index (κ1) is 16.9. The van der Waals surface area contributed by atoms with Gasteiger partial charge in [0.05, 0.1) is 11.1 Å². The van der Waals surface area contributed by atoms with Crippen molar-refractivity contribution in [3.8, 4) is 0 Å². The second kappa shape index (κ2) is 6.75. The second-order valence-electron chi connectivity index (χ2n) is 5.17. The Morgan fingerprint density at radius 2 is 1.96 bits per heavy atom. The van der Waals surface area contributed by atoms with Gasteiger partial charge < -0.3 is 5.32 Å². The molecular formula is C13H18N6O3S. The van der Waals surface area contributed by atoms with Gasteiger partial charge in [0.25, 0.3) is 0 Å². The molecule has 0 aliphatic carbocycles. The maximum atomic E-state index is 11.8. The molecule has 2 aromatic rings. The molecule has 2 amide bonds. The van der Waals surface area contributed by atoms with Gasteiger partial charge in [-0.1, -0.05) is 17.3 Å². The Morgan fingerprint density at radius 3 is 2.48 bits per heavy atom. The number of anilines is 1. The summed E-state index contributed by atoms with van der Waals surface area (Å²) in [6, 6.07) is 5.65. The van der Waals surface area contributed by atoms with Gasteiger partial charge in [0.2, 0.25) is 10.0 Å². The number of rotatable bonds is 5. The van der Waals surface area contributed by atoms with Crippen molar-refractivity contribution in [1.82, 2.24) is 20.3 Å². The van der Waals surface area contributed by atoms with E-state index in [0.29, 0.717) is 5.82 Å². The number of primary sulfonamides is 1. The largest absolute Gasteiger partial charge is 0.334 e. The lowest BCUT2D eigenvalue weighted by atomic mass is 10.2. The molecule has 0 spiro atoms. The number of nitrogens with zero attached hydrogens (tertiary/aromatic N) is 3. The second-order valence-corrected chi connectivity index (χ2v) is 6.74. The van der Waals surface area contributed by atoms with Crippen molar-refractivity contribution in [2.24, 2.45) is 5.14 Å². The van der Waals surface area contributed by atoms with Crippen molar-refractivity contribution in [1.29, 1.82) is 0 Å². The molecule has 0 saturated carbocycles. The highest BCUT2D eigenvalue weighted by molar-refractivity contribution is 7.89. The van der Waals surface area contributed by atoms with Crippen LogP contribution in [-0.2, 0) is 16.6 Å². The number of carbonyl (C=O) groups excluding carboxylic acids is 1. The third kappa shape index (κ3) is 4.76.